The van der Waals surface area contributed by atoms with Crippen LogP contribution in [0, 0.1) is 11.3 Å². The van der Waals surface area contributed by atoms with Gasteiger partial charge in [0.25, 0.3) is 10.2 Å². The average molecular weight is 267 g/mol. The molecule has 0 spiro atoms. The van der Waals surface area contributed by atoms with Gasteiger partial charge in [-0.3, -0.25) is 0 Å². The van der Waals surface area contributed by atoms with Gasteiger partial charge in [-0.25, -0.2) is 0 Å². The maximum Gasteiger partial charge on any atom is 0.279 e. The standard InChI is InChI=1S/C12H17N3O2S/c1-3-15(4-2)18(16,17)14-10-12-7-5-11(9-13)6-8-12/h5-8,14H,3-4,10H2,1-2H3. The van der Waals surface area contributed by atoms with Crippen LogP contribution in [0.2, 0.25) is 0 Å². The molecule has 0 aliphatic carbocycles. The fourth-order valence-corrected chi connectivity index (χ4v) is 2.74. The summed E-state index contributed by atoms with van der Waals surface area (Å²) in [5, 5.41) is 8.66. The average Bonchev–Trinajstić information content (AvgIpc) is 2.38. The Balaban J connectivity index is 2.67. The fraction of sp³-hybridized carbons (Fsp3) is 0.417. The molecular weight excluding hydrogens is 250 g/mol. The van der Waals surface area contributed by atoms with Gasteiger partial charge < -0.3 is 0 Å². The van der Waals surface area contributed by atoms with Crippen LogP contribution in [0.25, 0.3) is 0 Å². The van der Waals surface area contributed by atoms with Crippen molar-refractivity contribution in [2.24, 2.45) is 0 Å². The molecule has 0 saturated carbocycles. The number of hydrogen-bond donors (Lipinski definition) is 1. The van der Waals surface area contributed by atoms with Crippen LogP contribution in [0.4, 0.5) is 0 Å². The Bertz CT molecular complexity index is 513. The van der Waals surface area contributed by atoms with Crippen LogP contribution in [0.3, 0.4) is 0 Å². The van der Waals surface area contributed by atoms with Crippen LogP contribution in [0.1, 0.15) is 25.0 Å². The first-order valence-electron chi connectivity index (χ1n) is 5.77. The Morgan fingerprint density at radius 2 is 1.78 bits per heavy atom. The lowest BCUT2D eigenvalue weighted by molar-refractivity contribution is 0.434. The van der Waals surface area contributed by atoms with Crippen LogP contribution in [-0.2, 0) is 16.8 Å². The molecule has 0 aromatic heterocycles. The molecule has 0 saturated heterocycles. The summed E-state index contributed by atoms with van der Waals surface area (Å²) >= 11 is 0. The number of nitrogens with one attached hydrogen (secondary N) is 1. The first kappa shape index (κ1) is 14.6. The van der Waals surface area contributed by atoms with Crippen LogP contribution in [0.15, 0.2) is 24.3 Å². The number of nitriles is 1. The zero-order valence-electron chi connectivity index (χ0n) is 10.5. The third-order valence-electron chi connectivity index (χ3n) is 2.59. The molecule has 6 heteroatoms. The molecule has 1 aromatic rings. The molecule has 98 valence electrons. The normalized spacial score (nSPS) is 11.4. The van der Waals surface area contributed by atoms with Gasteiger partial charge in [0.05, 0.1) is 11.6 Å². The summed E-state index contributed by atoms with van der Waals surface area (Å²) in [4.78, 5) is 0. The Kier molecular flexibility index (Phi) is 5.28. The van der Waals surface area contributed by atoms with Gasteiger partial charge in [-0.2, -0.15) is 22.7 Å². The van der Waals surface area contributed by atoms with E-state index in [0.29, 0.717) is 18.7 Å². The molecule has 0 heterocycles. The summed E-state index contributed by atoms with van der Waals surface area (Å²) in [6.07, 6.45) is 0. The van der Waals surface area contributed by atoms with E-state index in [2.05, 4.69) is 4.72 Å². The van der Waals surface area contributed by atoms with E-state index < -0.39 is 10.2 Å². The predicted octanol–water partition coefficient (Wildman–Crippen LogP) is 1.23. The third-order valence-corrected chi connectivity index (χ3v) is 4.29. The molecule has 18 heavy (non-hydrogen) atoms. The fourth-order valence-electron chi connectivity index (χ4n) is 1.53. The second-order valence-corrected chi connectivity index (χ2v) is 5.47. The summed E-state index contributed by atoms with van der Waals surface area (Å²) in [5.74, 6) is 0. The maximum absolute atomic E-state index is 11.9. The van der Waals surface area contributed by atoms with Crippen LogP contribution < -0.4 is 4.72 Å². The molecule has 0 aliphatic rings. The number of benzene rings is 1. The summed E-state index contributed by atoms with van der Waals surface area (Å²) in [6, 6.07) is 8.83. The molecule has 1 aromatic carbocycles. The monoisotopic (exact) mass is 267 g/mol. The number of nitrogens with zero attached hydrogens (tertiary/aromatic N) is 2. The quantitative estimate of drug-likeness (QED) is 0.842. The SMILES string of the molecule is CCN(CC)S(=O)(=O)NCc1ccc(C#N)cc1. The molecule has 0 unspecified atom stereocenters. The van der Waals surface area contributed by atoms with Gasteiger partial charge in [0.2, 0.25) is 0 Å². The van der Waals surface area contributed by atoms with Crippen molar-refractivity contribution in [2.45, 2.75) is 20.4 Å². The van der Waals surface area contributed by atoms with Gasteiger partial charge in [-0.15, -0.1) is 0 Å². The highest BCUT2D eigenvalue weighted by molar-refractivity contribution is 7.87. The Labute approximate surface area is 108 Å². The lowest BCUT2D eigenvalue weighted by Gasteiger charge is -2.18. The maximum atomic E-state index is 11.9. The van der Waals surface area contributed by atoms with Crippen molar-refractivity contribution < 1.29 is 8.42 Å². The predicted molar refractivity (Wildman–Crippen MR) is 69.8 cm³/mol. The molecule has 0 atom stereocenters. The first-order chi connectivity index (χ1) is 8.53. The van der Waals surface area contributed by atoms with Crippen LogP contribution in [0.5, 0.6) is 0 Å². The van der Waals surface area contributed by atoms with E-state index in [1.807, 2.05) is 6.07 Å². The minimum Gasteiger partial charge on any atom is -0.198 e. The lowest BCUT2D eigenvalue weighted by Crippen LogP contribution is -2.40. The largest absolute Gasteiger partial charge is 0.279 e. The van der Waals surface area contributed by atoms with Crippen molar-refractivity contribution in [3.63, 3.8) is 0 Å². The Hall–Kier alpha value is -1.42. The highest BCUT2D eigenvalue weighted by Gasteiger charge is 2.17. The Morgan fingerprint density at radius 1 is 1.22 bits per heavy atom. The van der Waals surface area contributed by atoms with Crippen molar-refractivity contribution >= 4 is 10.2 Å². The van der Waals surface area contributed by atoms with Gasteiger partial charge in [0.1, 0.15) is 0 Å². The van der Waals surface area contributed by atoms with E-state index >= 15 is 0 Å². The molecule has 0 fully saturated rings. The second-order valence-electron chi connectivity index (χ2n) is 3.72. The molecular formula is C12H17N3O2S. The topological polar surface area (TPSA) is 73.2 Å². The van der Waals surface area contributed by atoms with Crippen molar-refractivity contribution in [3.8, 4) is 6.07 Å². The lowest BCUT2D eigenvalue weighted by atomic mass is 10.1. The molecule has 0 amide bonds. The minimum absolute atomic E-state index is 0.227. The molecule has 0 bridgehead atoms. The van der Waals surface area contributed by atoms with Gasteiger partial charge in [0, 0.05) is 19.6 Å². The van der Waals surface area contributed by atoms with E-state index in [-0.39, 0.29) is 6.54 Å². The van der Waals surface area contributed by atoms with Crippen molar-refractivity contribution in [1.29, 1.82) is 5.26 Å². The first-order valence-corrected chi connectivity index (χ1v) is 7.21. The van der Waals surface area contributed by atoms with Crippen molar-refractivity contribution in [2.75, 3.05) is 13.1 Å². The van der Waals surface area contributed by atoms with E-state index in [1.54, 1.807) is 38.1 Å². The van der Waals surface area contributed by atoms with Gasteiger partial charge in [-0.1, -0.05) is 26.0 Å². The van der Waals surface area contributed by atoms with Gasteiger partial charge in [-0.05, 0) is 17.7 Å². The van der Waals surface area contributed by atoms with E-state index in [4.69, 9.17) is 5.26 Å². The number of hydrogen-bond acceptors (Lipinski definition) is 3. The Morgan fingerprint density at radius 3 is 2.22 bits per heavy atom. The van der Waals surface area contributed by atoms with Crippen molar-refractivity contribution in [3.05, 3.63) is 35.4 Å². The van der Waals surface area contributed by atoms with E-state index in [0.717, 1.165) is 5.56 Å². The molecule has 1 rings (SSSR count). The summed E-state index contributed by atoms with van der Waals surface area (Å²) in [5.41, 5.74) is 1.38. The zero-order chi connectivity index (χ0) is 13.6. The molecule has 0 radical (unpaired) electrons. The van der Waals surface area contributed by atoms with Crippen LogP contribution in [-0.4, -0.2) is 25.8 Å². The molecule has 5 nitrogen and oxygen atoms in total. The number of rotatable bonds is 6. The second kappa shape index (κ2) is 6.50. The van der Waals surface area contributed by atoms with E-state index in [1.165, 1.54) is 4.31 Å². The smallest absolute Gasteiger partial charge is 0.198 e. The van der Waals surface area contributed by atoms with E-state index in [9.17, 15) is 8.42 Å². The summed E-state index contributed by atoms with van der Waals surface area (Å²) < 4.78 is 27.6. The molecule has 1 N–H and O–H groups in total. The summed E-state index contributed by atoms with van der Waals surface area (Å²) in [7, 11) is -3.42. The van der Waals surface area contributed by atoms with Gasteiger partial charge in [0.15, 0.2) is 0 Å². The highest BCUT2D eigenvalue weighted by atomic mass is 32.2. The van der Waals surface area contributed by atoms with Crippen molar-refractivity contribution in [1.82, 2.24) is 9.03 Å². The third kappa shape index (κ3) is 3.81. The summed E-state index contributed by atoms with van der Waals surface area (Å²) in [6.45, 7) is 4.71. The zero-order valence-corrected chi connectivity index (χ0v) is 11.4. The molecule has 0 aliphatic heterocycles. The minimum atomic E-state index is -3.42. The highest BCUT2D eigenvalue weighted by Crippen LogP contribution is 2.04. The van der Waals surface area contributed by atoms with Gasteiger partial charge >= 0.3 is 0 Å². The van der Waals surface area contributed by atoms with Crippen LogP contribution >= 0.6 is 0 Å².